The third-order valence-corrected chi connectivity index (χ3v) is 6.95. The van der Waals surface area contributed by atoms with Crippen LogP contribution in [0, 0.1) is 17.3 Å². The van der Waals surface area contributed by atoms with Gasteiger partial charge in [0.05, 0.1) is 12.2 Å². The summed E-state index contributed by atoms with van der Waals surface area (Å²) in [6.07, 6.45) is 12.5. The molecule has 0 aromatic rings. The van der Waals surface area contributed by atoms with Crippen molar-refractivity contribution < 1.29 is 10.2 Å². The van der Waals surface area contributed by atoms with Crippen molar-refractivity contribution in [3.8, 4) is 0 Å². The van der Waals surface area contributed by atoms with Crippen LogP contribution in [0.4, 0.5) is 0 Å². The number of rotatable bonds is 2. The van der Waals surface area contributed by atoms with Gasteiger partial charge in [-0.2, -0.15) is 0 Å². The standard InChI is InChI=1S/C21H32O2/c1-4-17-9-10-18-16(6-5-11-21(17,18)3)8-7-15-12-19(22)14(2)20(23)13-15/h7-8,17-20,22-23H,2,4-6,9-13H2,1,3H3. The fraction of sp³-hybridized carbons (Fsp3) is 0.714. The molecule has 3 aliphatic carbocycles. The summed E-state index contributed by atoms with van der Waals surface area (Å²) in [5, 5.41) is 20.0. The van der Waals surface area contributed by atoms with E-state index < -0.39 is 12.2 Å². The van der Waals surface area contributed by atoms with E-state index in [9.17, 15) is 10.2 Å². The lowest BCUT2D eigenvalue weighted by atomic mass is 9.63. The van der Waals surface area contributed by atoms with Crippen LogP contribution in [0.5, 0.6) is 0 Å². The minimum absolute atomic E-state index is 0.497. The summed E-state index contributed by atoms with van der Waals surface area (Å²) in [6.45, 7) is 8.64. The molecule has 0 radical (unpaired) electrons. The van der Waals surface area contributed by atoms with Crippen molar-refractivity contribution in [1.29, 1.82) is 0 Å². The van der Waals surface area contributed by atoms with Gasteiger partial charge in [-0.25, -0.2) is 0 Å². The first-order chi connectivity index (χ1) is 11.0. The Hall–Kier alpha value is -0.860. The molecule has 3 aliphatic rings. The van der Waals surface area contributed by atoms with Crippen LogP contribution in [0.1, 0.15) is 65.2 Å². The second-order valence-electron chi connectivity index (χ2n) is 8.18. The highest BCUT2D eigenvalue weighted by molar-refractivity contribution is 5.29. The number of hydrogen-bond donors (Lipinski definition) is 2. The van der Waals surface area contributed by atoms with E-state index in [0.717, 1.165) is 17.4 Å². The van der Waals surface area contributed by atoms with Gasteiger partial charge in [-0.3, -0.25) is 0 Å². The molecule has 3 saturated carbocycles. The molecule has 3 fully saturated rings. The second-order valence-corrected chi connectivity index (χ2v) is 8.18. The Morgan fingerprint density at radius 2 is 1.87 bits per heavy atom. The minimum atomic E-state index is -0.587. The maximum atomic E-state index is 9.99. The lowest BCUT2D eigenvalue weighted by molar-refractivity contribution is 0.123. The van der Waals surface area contributed by atoms with Crippen LogP contribution in [-0.4, -0.2) is 22.4 Å². The molecule has 2 heteroatoms. The third-order valence-electron chi connectivity index (χ3n) is 6.95. The SMILES string of the molecule is C=C1C(O)CC(=CC=C2CCCC3(C)C(CC)CCC23)CC1O. The largest absolute Gasteiger partial charge is 0.388 e. The van der Waals surface area contributed by atoms with Crippen LogP contribution < -0.4 is 0 Å². The normalized spacial score (nSPS) is 42.9. The molecule has 128 valence electrons. The molecular formula is C21H32O2. The summed E-state index contributed by atoms with van der Waals surface area (Å²) in [4.78, 5) is 0. The van der Waals surface area contributed by atoms with Crippen molar-refractivity contribution in [2.75, 3.05) is 0 Å². The Balaban J connectivity index is 1.77. The zero-order valence-corrected chi connectivity index (χ0v) is 14.7. The molecule has 5 unspecified atom stereocenters. The van der Waals surface area contributed by atoms with Crippen LogP contribution in [-0.2, 0) is 0 Å². The molecule has 0 amide bonds. The monoisotopic (exact) mass is 316 g/mol. The van der Waals surface area contributed by atoms with Crippen LogP contribution >= 0.6 is 0 Å². The van der Waals surface area contributed by atoms with Crippen LogP contribution in [0.15, 0.2) is 35.5 Å². The highest BCUT2D eigenvalue weighted by atomic mass is 16.3. The second kappa shape index (κ2) is 6.57. The van der Waals surface area contributed by atoms with Gasteiger partial charge in [0.25, 0.3) is 0 Å². The summed E-state index contributed by atoms with van der Waals surface area (Å²) < 4.78 is 0. The van der Waals surface area contributed by atoms with Crippen molar-refractivity contribution in [2.24, 2.45) is 17.3 Å². The number of hydrogen-bond acceptors (Lipinski definition) is 2. The molecule has 0 aromatic heterocycles. The first-order valence-corrected chi connectivity index (χ1v) is 9.39. The molecule has 0 aliphatic heterocycles. The zero-order chi connectivity index (χ0) is 16.6. The van der Waals surface area contributed by atoms with Gasteiger partial charge in [0.1, 0.15) is 0 Å². The van der Waals surface area contributed by atoms with Crippen molar-refractivity contribution in [3.63, 3.8) is 0 Å². The molecule has 2 nitrogen and oxygen atoms in total. The van der Waals surface area contributed by atoms with Gasteiger partial charge in [-0.05, 0) is 67.8 Å². The molecular weight excluding hydrogens is 284 g/mol. The average Bonchev–Trinajstić information content (AvgIpc) is 2.87. The Bertz CT molecular complexity index is 514. The topological polar surface area (TPSA) is 40.5 Å². The highest BCUT2D eigenvalue weighted by Gasteiger charge is 2.48. The Morgan fingerprint density at radius 3 is 2.52 bits per heavy atom. The maximum absolute atomic E-state index is 9.99. The molecule has 2 N–H and O–H groups in total. The van der Waals surface area contributed by atoms with Gasteiger partial charge in [-0.15, -0.1) is 0 Å². The minimum Gasteiger partial charge on any atom is -0.388 e. The van der Waals surface area contributed by atoms with E-state index in [1.54, 1.807) is 5.57 Å². The lowest BCUT2D eigenvalue weighted by Crippen LogP contribution is -2.33. The van der Waals surface area contributed by atoms with Crippen molar-refractivity contribution in [1.82, 2.24) is 0 Å². The van der Waals surface area contributed by atoms with Crippen LogP contribution in [0.2, 0.25) is 0 Å². The quantitative estimate of drug-likeness (QED) is 0.734. The van der Waals surface area contributed by atoms with Gasteiger partial charge in [0.15, 0.2) is 0 Å². The first-order valence-electron chi connectivity index (χ1n) is 9.39. The lowest BCUT2D eigenvalue weighted by Gasteiger charge is -2.42. The predicted octanol–water partition coefficient (Wildman–Crippen LogP) is 4.54. The molecule has 0 spiro atoms. The highest BCUT2D eigenvalue weighted by Crippen LogP contribution is 2.58. The van der Waals surface area contributed by atoms with E-state index in [1.807, 2.05) is 0 Å². The molecule has 0 bridgehead atoms. The summed E-state index contributed by atoms with van der Waals surface area (Å²) >= 11 is 0. The van der Waals surface area contributed by atoms with Gasteiger partial charge in [0, 0.05) is 0 Å². The van der Waals surface area contributed by atoms with E-state index in [1.165, 1.54) is 38.5 Å². The Labute approximate surface area is 141 Å². The molecule has 3 rings (SSSR count). The predicted molar refractivity (Wildman–Crippen MR) is 95.0 cm³/mol. The van der Waals surface area contributed by atoms with E-state index in [2.05, 4.69) is 32.6 Å². The molecule has 23 heavy (non-hydrogen) atoms. The van der Waals surface area contributed by atoms with E-state index in [-0.39, 0.29) is 0 Å². The molecule has 0 saturated heterocycles. The van der Waals surface area contributed by atoms with Gasteiger partial charge in [0.2, 0.25) is 0 Å². The van der Waals surface area contributed by atoms with Gasteiger partial charge < -0.3 is 10.2 Å². The maximum Gasteiger partial charge on any atom is 0.0809 e. The number of aliphatic hydroxyl groups excluding tert-OH is 2. The smallest absolute Gasteiger partial charge is 0.0809 e. The fourth-order valence-electron chi connectivity index (χ4n) is 5.44. The zero-order valence-electron chi connectivity index (χ0n) is 14.7. The number of allylic oxidation sites excluding steroid dienone is 3. The fourth-order valence-corrected chi connectivity index (χ4v) is 5.44. The Kier molecular flexibility index (Phi) is 4.85. The van der Waals surface area contributed by atoms with E-state index in [0.29, 0.717) is 23.8 Å². The summed E-state index contributed by atoms with van der Waals surface area (Å²) in [7, 11) is 0. The van der Waals surface area contributed by atoms with Gasteiger partial charge >= 0.3 is 0 Å². The molecule has 0 heterocycles. The van der Waals surface area contributed by atoms with Crippen LogP contribution in [0.3, 0.4) is 0 Å². The van der Waals surface area contributed by atoms with Crippen molar-refractivity contribution in [2.45, 2.75) is 77.4 Å². The number of fused-ring (bicyclic) bond motifs is 1. The first kappa shape index (κ1) is 17.0. The molecule has 5 atom stereocenters. The van der Waals surface area contributed by atoms with Crippen LogP contribution in [0.25, 0.3) is 0 Å². The number of aliphatic hydroxyl groups is 2. The van der Waals surface area contributed by atoms with Gasteiger partial charge in [-0.1, -0.05) is 50.1 Å². The van der Waals surface area contributed by atoms with Crippen molar-refractivity contribution >= 4 is 0 Å². The average molecular weight is 316 g/mol. The summed E-state index contributed by atoms with van der Waals surface area (Å²) in [6, 6.07) is 0. The van der Waals surface area contributed by atoms with Crippen molar-refractivity contribution in [3.05, 3.63) is 35.5 Å². The Morgan fingerprint density at radius 1 is 1.17 bits per heavy atom. The van der Waals surface area contributed by atoms with E-state index in [4.69, 9.17) is 0 Å². The summed E-state index contributed by atoms with van der Waals surface area (Å²) in [5.74, 6) is 1.62. The van der Waals surface area contributed by atoms with E-state index >= 15 is 0 Å². The third kappa shape index (κ3) is 3.08. The molecule has 0 aromatic carbocycles. The summed E-state index contributed by atoms with van der Waals surface area (Å²) in [5.41, 5.74) is 3.83.